The fourth-order valence-corrected chi connectivity index (χ4v) is 4.57. The van der Waals surface area contributed by atoms with E-state index in [0.29, 0.717) is 46.0 Å². The predicted molar refractivity (Wildman–Crippen MR) is 137 cm³/mol. The fourth-order valence-electron chi connectivity index (χ4n) is 3.89. The zero-order chi connectivity index (χ0) is 25.8. The molecule has 0 saturated heterocycles. The van der Waals surface area contributed by atoms with Crippen LogP contribution in [0.2, 0.25) is 0 Å². The van der Waals surface area contributed by atoms with Gasteiger partial charge >= 0.3 is 5.69 Å². The molecule has 1 amide bonds. The Balaban J connectivity index is 1.81. The summed E-state index contributed by atoms with van der Waals surface area (Å²) in [4.78, 5) is 29.1. The maximum Gasteiger partial charge on any atom is 0.311 e. The number of hydrogen-bond acceptors (Lipinski definition) is 9. The average Bonchev–Trinajstić information content (AvgIpc) is 3.25. The van der Waals surface area contributed by atoms with E-state index in [1.807, 2.05) is 19.9 Å². The number of thioether (sulfide) groups is 1. The number of phenolic OH excluding ortho intramolecular Hbond substituents is 1. The number of nitrogens with zero attached hydrogens (tertiary/aromatic N) is 4. The number of benzene rings is 2. The molecule has 0 aliphatic carbocycles. The molecule has 2 heterocycles. The van der Waals surface area contributed by atoms with E-state index in [-0.39, 0.29) is 0 Å². The van der Waals surface area contributed by atoms with Crippen molar-refractivity contribution in [2.75, 3.05) is 23.0 Å². The van der Waals surface area contributed by atoms with Crippen molar-refractivity contribution < 1.29 is 19.6 Å². The summed E-state index contributed by atoms with van der Waals surface area (Å²) in [5.41, 5.74) is 1.25. The molecule has 0 fully saturated rings. The van der Waals surface area contributed by atoms with E-state index in [9.17, 15) is 20.0 Å². The van der Waals surface area contributed by atoms with E-state index >= 15 is 0 Å². The second-order valence-electron chi connectivity index (χ2n) is 7.97. The normalized spacial score (nSPS) is 14.7. The van der Waals surface area contributed by atoms with Gasteiger partial charge in [-0.1, -0.05) is 36.9 Å². The van der Waals surface area contributed by atoms with Crippen molar-refractivity contribution in [2.24, 2.45) is 0 Å². The molecule has 1 aliphatic heterocycles. The third-order valence-corrected chi connectivity index (χ3v) is 6.50. The van der Waals surface area contributed by atoms with Gasteiger partial charge < -0.3 is 20.5 Å². The van der Waals surface area contributed by atoms with E-state index in [2.05, 4.69) is 20.7 Å². The predicted octanol–water partition coefficient (Wildman–Crippen LogP) is 4.72. The number of ether oxygens (including phenoxy) is 1. The molecule has 11 nitrogen and oxygen atoms in total. The van der Waals surface area contributed by atoms with Crippen LogP contribution in [0.15, 0.2) is 58.9 Å². The number of nitro groups is 1. The van der Waals surface area contributed by atoms with Crippen LogP contribution in [0, 0.1) is 10.1 Å². The molecule has 2 aromatic carbocycles. The Kier molecular flexibility index (Phi) is 7.44. The molecule has 0 bridgehead atoms. The van der Waals surface area contributed by atoms with Gasteiger partial charge in [0.1, 0.15) is 11.8 Å². The van der Waals surface area contributed by atoms with E-state index in [1.165, 1.54) is 30.0 Å². The Hall–Kier alpha value is -4.06. The highest BCUT2D eigenvalue weighted by Gasteiger charge is 2.35. The molecule has 0 saturated carbocycles. The molecule has 4 rings (SSSR count). The number of allylic oxidation sites excluding steroid dienone is 1. The summed E-state index contributed by atoms with van der Waals surface area (Å²) >= 11 is 1.48. The van der Waals surface area contributed by atoms with Crippen LogP contribution >= 0.6 is 11.8 Å². The highest BCUT2D eigenvalue weighted by atomic mass is 32.2. The Bertz CT molecular complexity index is 1340. The van der Waals surface area contributed by atoms with Crippen molar-refractivity contribution >= 4 is 35.0 Å². The largest absolute Gasteiger partial charge is 0.502 e. The van der Waals surface area contributed by atoms with Gasteiger partial charge in [-0.15, -0.1) is 5.10 Å². The number of rotatable bonds is 9. The lowest BCUT2D eigenvalue weighted by atomic mass is 9.94. The lowest BCUT2D eigenvalue weighted by Gasteiger charge is -2.28. The second-order valence-corrected chi connectivity index (χ2v) is 9.03. The van der Waals surface area contributed by atoms with Gasteiger partial charge in [0.2, 0.25) is 11.1 Å². The number of carbonyl (C=O) groups excluding carboxylic acids is 1. The fraction of sp³-hybridized carbons (Fsp3) is 0.292. The molecule has 12 heteroatoms. The summed E-state index contributed by atoms with van der Waals surface area (Å²) in [6.45, 7) is 6.07. The van der Waals surface area contributed by atoms with Crippen molar-refractivity contribution in [3.05, 3.63) is 69.4 Å². The molecule has 188 valence electrons. The first-order valence-corrected chi connectivity index (χ1v) is 12.4. The number of nitrogens with one attached hydrogen (secondary N) is 2. The molecule has 3 aromatic rings. The standard InChI is InChI=1S/C24H26N6O5S/c1-4-12-36-24-27-23-25-14(3)20(22(32)26-16-8-6-7-9-19(16)35-5-2)21(29(23)28-24)15-10-11-18(31)17(13-15)30(33)34/h6-11,13,21,31H,4-5,12H2,1-3H3,(H,26,32)(H,25,27,28). The van der Waals surface area contributed by atoms with Gasteiger partial charge in [0.25, 0.3) is 5.91 Å². The summed E-state index contributed by atoms with van der Waals surface area (Å²) in [6.07, 6.45) is 0.930. The Morgan fingerprint density at radius 1 is 1.31 bits per heavy atom. The van der Waals surface area contributed by atoms with E-state index < -0.39 is 28.3 Å². The van der Waals surface area contributed by atoms with Crippen molar-refractivity contribution in [1.82, 2.24) is 14.8 Å². The van der Waals surface area contributed by atoms with Gasteiger partial charge in [-0.3, -0.25) is 14.9 Å². The lowest BCUT2D eigenvalue weighted by Crippen LogP contribution is -2.31. The second kappa shape index (κ2) is 10.7. The zero-order valence-electron chi connectivity index (χ0n) is 20.0. The summed E-state index contributed by atoms with van der Waals surface area (Å²) in [7, 11) is 0. The maximum absolute atomic E-state index is 13.7. The van der Waals surface area contributed by atoms with Crippen LogP contribution in [0.3, 0.4) is 0 Å². The van der Waals surface area contributed by atoms with Crippen LogP contribution in [0.4, 0.5) is 17.3 Å². The van der Waals surface area contributed by atoms with Crippen LogP contribution in [0.5, 0.6) is 11.5 Å². The molecule has 1 unspecified atom stereocenters. The monoisotopic (exact) mass is 510 g/mol. The average molecular weight is 511 g/mol. The Labute approximate surface area is 211 Å². The number of aromatic hydroxyl groups is 1. The summed E-state index contributed by atoms with van der Waals surface area (Å²) in [5.74, 6) is 0.849. The smallest absolute Gasteiger partial charge is 0.311 e. The van der Waals surface area contributed by atoms with Gasteiger partial charge in [0.15, 0.2) is 5.75 Å². The minimum Gasteiger partial charge on any atom is -0.502 e. The first-order chi connectivity index (χ1) is 17.3. The minimum atomic E-state index is -0.830. The summed E-state index contributed by atoms with van der Waals surface area (Å²) < 4.78 is 7.18. The molecule has 36 heavy (non-hydrogen) atoms. The van der Waals surface area contributed by atoms with Gasteiger partial charge in [-0.05, 0) is 44.0 Å². The number of hydrogen-bond donors (Lipinski definition) is 3. The highest BCUT2D eigenvalue weighted by Crippen LogP contribution is 2.39. The lowest BCUT2D eigenvalue weighted by molar-refractivity contribution is -0.385. The number of carbonyl (C=O) groups is 1. The van der Waals surface area contributed by atoms with Crippen LogP contribution < -0.4 is 15.4 Å². The highest BCUT2D eigenvalue weighted by molar-refractivity contribution is 7.99. The number of nitro benzene ring substituents is 1. The minimum absolute atomic E-state index is 0.297. The molecule has 1 atom stereocenters. The van der Waals surface area contributed by atoms with Gasteiger partial charge in [0.05, 0.1) is 22.8 Å². The maximum atomic E-state index is 13.7. The van der Waals surface area contributed by atoms with Gasteiger partial charge in [-0.25, -0.2) is 4.68 Å². The SMILES string of the molecule is CCCSc1nc2n(n1)C(c1ccc(O)c([N+](=O)[O-])c1)C(C(=O)Nc1ccccc1OCC)=C(C)N2. The third-order valence-electron chi connectivity index (χ3n) is 5.46. The molecule has 0 spiro atoms. The zero-order valence-corrected chi connectivity index (χ0v) is 20.8. The number of para-hydroxylation sites is 2. The van der Waals surface area contributed by atoms with Crippen LogP contribution in [0.1, 0.15) is 38.8 Å². The number of fused-ring (bicyclic) bond motifs is 1. The van der Waals surface area contributed by atoms with Crippen LogP contribution in [0.25, 0.3) is 0 Å². The number of anilines is 2. The van der Waals surface area contributed by atoms with Gasteiger partial charge in [-0.2, -0.15) is 4.98 Å². The van der Waals surface area contributed by atoms with Crippen molar-refractivity contribution in [2.45, 2.75) is 38.4 Å². The molecular weight excluding hydrogens is 484 g/mol. The molecule has 3 N–H and O–H groups in total. The summed E-state index contributed by atoms with van der Waals surface area (Å²) in [6, 6.07) is 10.3. The quantitative estimate of drug-likeness (QED) is 0.211. The Morgan fingerprint density at radius 2 is 2.08 bits per heavy atom. The number of amides is 1. The Morgan fingerprint density at radius 3 is 2.81 bits per heavy atom. The van der Waals surface area contributed by atoms with Crippen molar-refractivity contribution in [3.8, 4) is 11.5 Å². The van der Waals surface area contributed by atoms with Crippen molar-refractivity contribution in [3.63, 3.8) is 0 Å². The summed E-state index contributed by atoms with van der Waals surface area (Å²) in [5, 5.41) is 32.7. The molecule has 1 aliphatic rings. The van der Waals surface area contributed by atoms with E-state index in [0.717, 1.165) is 12.2 Å². The third kappa shape index (κ3) is 4.98. The first-order valence-electron chi connectivity index (χ1n) is 11.4. The first kappa shape index (κ1) is 25.0. The number of aromatic nitrogens is 3. The van der Waals surface area contributed by atoms with Crippen LogP contribution in [-0.4, -0.2) is 43.1 Å². The topological polar surface area (TPSA) is 144 Å². The van der Waals surface area contributed by atoms with Crippen molar-refractivity contribution in [1.29, 1.82) is 0 Å². The van der Waals surface area contributed by atoms with Gasteiger partial charge in [0, 0.05) is 17.5 Å². The molecule has 1 aromatic heterocycles. The van der Waals surface area contributed by atoms with Crippen LogP contribution in [-0.2, 0) is 4.79 Å². The number of phenols is 1. The molecular formula is C24H26N6O5S. The van der Waals surface area contributed by atoms with E-state index in [1.54, 1.807) is 29.8 Å². The van der Waals surface area contributed by atoms with E-state index in [4.69, 9.17) is 4.74 Å². The molecule has 0 radical (unpaired) electrons.